The van der Waals surface area contributed by atoms with Crippen LogP contribution < -0.4 is 5.32 Å². The van der Waals surface area contributed by atoms with Crippen LogP contribution in [-0.2, 0) is 14.3 Å². The normalized spacial score (nSPS) is 19.8. The third-order valence-electron chi connectivity index (χ3n) is 3.63. The van der Waals surface area contributed by atoms with Crippen molar-refractivity contribution in [2.75, 3.05) is 25.6 Å². The summed E-state index contributed by atoms with van der Waals surface area (Å²) in [6.45, 7) is 6.86. The van der Waals surface area contributed by atoms with Gasteiger partial charge in [-0.25, -0.2) is 0 Å². The predicted octanol–water partition coefficient (Wildman–Crippen LogP) is 1.48. The van der Waals surface area contributed by atoms with Crippen molar-refractivity contribution in [3.8, 4) is 0 Å². The lowest BCUT2D eigenvalue weighted by molar-refractivity contribution is -0.130. The maximum atomic E-state index is 12.3. The molecule has 1 saturated heterocycles. The Morgan fingerprint density at radius 3 is 2.77 bits per heavy atom. The Hall–Kier alpha value is -1.54. The van der Waals surface area contributed by atoms with Crippen LogP contribution in [0.3, 0.4) is 0 Å². The number of nitrogens with zero attached hydrogens (tertiary/aromatic N) is 3. The number of rotatable bonds is 6. The minimum Gasteiger partial charge on any atom is -0.383 e. The molecule has 1 aliphatic rings. The van der Waals surface area contributed by atoms with E-state index in [0.29, 0.717) is 18.3 Å². The molecule has 122 valence electrons. The average molecular weight is 326 g/mol. The van der Waals surface area contributed by atoms with E-state index in [0.717, 1.165) is 5.01 Å². The van der Waals surface area contributed by atoms with E-state index >= 15 is 0 Å². The number of hydrogen-bond acceptors (Lipinski definition) is 6. The molecule has 1 fully saturated rings. The molecule has 0 spiro atoms. The summed E-state index contributed by atoms with van der Waals surface area (Å²) in [5, 5.41) is 12.1. The molecule has 0 radical (unpaired) electrons. The third-order valence-corrected chi connectivity index (χ3v) is 4.77. The lowest BCUT2D eigenvalue weighted by atomic mass is 10.1. The van der Waals surface area contributed by atoms with E-state index < -0.39 is 0 Å². The molecule has 1 aromatic heterocycles. The summed E-state index contributed by atoms with van der Waals surface area (Å²) >= 11 is 1.37. The lowest BCUT2D eigenvalue weighted by Gasteiger charge is -2.23. The Kier molecular flexibility index (Phi) is 5.47. The SMILES string of the molecule is COC[C@H](C)N1C[C@@H](C(=O)Nc2nnc(C(C)C)s2)CC1=O. The molecule has 1 aliphatic heterocycles. The first-order chi connectivity index (χ1) is 10.4. The zero-order chi connectivity index (χ0) is 16.3. The molecule has 1 aromatic rings. The highest BCUT2D eigenvalue weighted by molar-refractivity contribution is 7.15. The zero-order valence-electron chi connectivity index (χ0n) is 13.3. The molecule has 0 saturated carbocycles. The summed E-state index contributed by atoms with van der Waals surface area (Å²) in [6, 6.07) is -0.0237. The highest BCUT2D eigenvalue weighted by Crippen LogP contribution is 2.25. The van der Waals surface area contributed by atoms with E-state index in [2.05, 4.69) is 15.5 Å². The summed E-state index contributed by atoms with van der Waals surface area (Å²) in [4.78, 5) is 26.0. The maximum absolute atomic E-state index is 12.3. The van der Waals surface area contributed by atoms with Gasteiger partial charge in [-0.3, -0.25) is 9.59 Å². The van der Waals surface area contributed by atoms with Gasteiger partial charge in [-0.2, -0.15) is 0 Å². The van der Waals surface area contributed by atoms with Crippen molar-refractivity contribution in [1.82, 2.24) is 15.1 Å². The molecule has 0 bridgehead atoms. The second-order valence-electron chi connectivity index (χ2n) is 5.84. The molecule has 1 N–H and O–H groups in total. The summed E-state index contributed by atoms with van der Waals surface area (Å²) in [7, 11) is 1.60. The van der Waals surface area contributed by atoms with E-state index in [1.54, 1.807) is 12.0 Å². The molecule has 2 rings (SSSR count). The summed E-state index contributed by atoms with van der Waals surface area (Å²) in [5.41, 5.74) is 0. The second-order valence-corrected chi connectivity index (χ2v) is 6.85. The van der Waals surface area contributed by atoms with Gasteiger partial charge < -0.3 is 15.0 Å². The number of methoxy groups -OCH3 is 1. The van der Waals surface area contributed by atoms with Gasteiger partial charge >= 0.3 is 0 Å². The number of amides is 2. The van der Waals surface area contributed by atoms with E-state index in [4.69, 9.17) is 4.74 Å². The number of ether oxygens (including phenoxy) is 1. The summed E-state index contributed by atoms with van der Waals surface area (Å²) in [6.07, 6.45) is 0.232. The van der Waals surface area contributed by atoms with E-state index in [1.165, 1.54) is 11.3 Å². The summed E-state index contributed by atoms with van der Waals surface area (Å²) < 4.78 is 5.07. The molecule has 0 aliphatic carbocycles. The fourth-order valence-corrected chi connectivity index (χ4v) is 3.14. The number of anilines is 1. The van der Waals surface area contributed by atoms with Crippen LogP contribution in [0.25, 0.3) is 0 Å². The smallest absolute Gasteiger partial charge is 0.231 e. The first kappa shape index (κ1) is 16.8. The Bertz CT molecular complexity index is 546. The van der Waals surface area contributed by atoms with Gasteiger partial charge in [-0.15, -0.1) is 10.2 Å². The molecule has 2 heterocycles. The average Bonchev–Trinajstić information content (AvgIpc) is 3.05. The highest BCUT2D eigenvalue weighted by atomic mass is 32.1. The van der Waals surface area contributed by atoms with Crippen molar-refractivity contribution in [2.24, 2.45) is 5.92 Å². The Morgan fingerprint density at radius 1 is 1.45 bits per heavy atom. The van der Waals surface area contributed by atoms with Crippen LogP contribution in [0.15, 0.2) is 0 Å². The molecule has 22 heavy (non-hydrogen) atoms. The molecule has 2 amide bonds. The molecule has 0 aromatic carbocycles. The van der Waals surface area contributed by atoms with Crippen LogP contribution in [0.2, 0.25) is 0 Å². The van der Waals surface area contributed by atoms with Crippen molar-refractivity contribution in [1.29, 1.82) is 0 Å². The Morgan fingerprint density at radius 2 is 2.18 bits per heavy atom. The van der Waals surface area contributed by atoms with Gasteiger partial charge in [0.1, 0.15) is 5.01 Å². The van der Waals surface area contributed by atoms with E-state index in [-0.39, 0.29) is 36.1 Å². The van der Waals surface area contributed by atoms with Crippen molar-refractivity contribution in [3.05, 3.63) is 5.01 Å². The Balaban J connectivity index is 1.94. The molecule has 7 nitrogen and oxygen atoms in total. The zero-order valence-corrected chi connectivity index (χ0v) is 14.1. The molecule has 2 atom stereocenters. The lowest BCUT2D eigenvalue weighted by Crippen LogP contribution is -2.38. The minimum absolute atomic E-state index is 0.00941. The van der Waals surface area contributed by atoms with Crippen LogP contribution in [0.4, 0.5) is 5.13 Å². The topological polar surface area (TPSA) is 84.4 Å². The van der Waals surface area contributed by atoms with Crippen LogP contribution in [0, 0.1) is 5.92 Å². The van der Waals surface area contributed by atoms with Crippen molar-refractivity contribution in [3.63, 3.8) is 0 Å². The van der Waals surface area contributed by atoms with E-state index in [1.807, 2.05) is 20.8 Å². The molecular formula is C14H22N4O3S. The van der Waals surface area contributed by atoms with Crippen molar-refractivity contribution >= 4 is 28.3 Å². The first-order valence-electron chi connectivity index (χ1n) is 7.35. The number of hydrogen-bond donors (Lipinski definition) is 1. The van der Waals surface area contributed by atoms with Gasteiger partial charge in [0.05, 0.1) is 18.6 Å². The fourth-order valence-electron chi connectivity index (χ4n) is 2.39. The number of likely N-dealkylation sites (tertiary alicyclic amines) is 1. The van der Waals surface area contributed by atoms with Crippen LogP contribution in [0.5, 0.6) is 0 Å². The van der Waals surface area contributed by atoms with Gasteiger partial charge in [0.2, 0.25) is 16.9 Å². The van der Waals surface area contributed by atoms with Crippen LogP contribution in [0.1, 0.15) is 38.1 Å². The summed E-state index contributed by atoms with van der Waals surface area (Å²) in [5.74, 6) is -0.253. The standard InChI is InChI=1S/C14H22N4O3S/c1-8(2)13-16-17-14(22-13)15-12(20)10-5-11(19)18(6-10)9(3)7-21-4/h8-10H,5-7H2,1-4H3,(H,15,17,20)/t9-,10-/m0/s1. The first-order valence-corrected chi connectivity index (χ1v) is 8.16. The Labute approximate surface area is 134 Å². The van der Waals surface area contributed by atoms with Gasteiger partial charge in [-0.1, -0.05) is 25.2 Å². The van der Waals surface area contributed by atoms with E-state index in [9.17, 15) is 9.59 Å². The quantitative estimate of drug-likeness (QED) is 0.856. The van der Waals surface area contributed by atoms with Crippen LogP contribution >= 0.6 is 11.3 Å². The number of aromatic nitrogens is 2. The van der Waals surface area contributed by atoms with Gasteiger partial charge in [-0.05, 0) is 6.92 Å². The fraction of sp³-hybridized carbons (Fsp3) is 0.714. The van der Waals surface area contributed by atoms with Crippen molar-refractivity contribution in [2.45, 2.75) is 39.2 Å². The van der Waals surface area contributed by atoms with Crippen LogP contribution in [-0.4, -0.2) is 53.2 Å². The third kappa shape index (κ3) is 3.80. The number of carbonyl (C=O) groups is 2. The van der Waals surface area contributed by atoms with Gasteiger partial charge in [0.15, 0.2) is 0 Å². The maximum Gasteiger partial charge on any atom is 0.231 e. The van der Waals surface area contributed by atoms with Crippen molar-refractivity contribution < 1.29 is 14.3 Å². The number of nitrogens with one attached hydrogen (secondary N) is 1. The molecular weight excluding hydrogens is 304 g/mol. The van der Waals surface area contributed by atoms with Gasteiger partial charge in [0.25, 0.3) is 0 Å². The monoisotopic (exact) mass is 326 g/mol. The predicted molar refractivity (Wildman–Crippen MR) is 83.8 cm³/mol. The highest BCUT2D eigenvalue weighted by Gasteiger charge is 2.36. The van der Waals surface area contributed by atoms with Gasteiger partial charge in [0, 0.05) is 26.0 Å². The second kappa shape index (κ2) is 7.15. The number of carbonyl (C=O) groups excluding carboxylic acids is 2. The molecule has 0 unspecified atom stereocenters. The molecule has 8 heteroatoms. The largest absolute Gasteiger partial charge is 0.383 e. The minimum atomic E-state index is -0.349.